The van der Waals surface area contributed by atoms with E-state index in [1.54, 1.807) is 20.0 Å². The fourth-order valence-corrected chi connectivity index (χ4v) is 2.18. The Morgan fingerprint density at radius 3 is 2.29 bits per heavy atom. The maximum atomic E-state index is 12.6. The first kappa shape index (κ1) is 17.4. The standard InChI is InChI=1S/C16H26N2O3/c1-10(2)8-13(14(19)16(4,5)6)18(7)15(20)12-9-11(3)21-17-12/h9-10,13H,8H2,1-7H3/t13-/m1/s1. The highest BCUT2D eigenvalue weighted by atomic mass is 16.5. The summed E-state index contributed by atoms with van der Waals surface area (Å²) in [4.78, 5) is 26.6. The van der Waals surface area contributed by atoms with Crippen LogP contribution in [0.5, 0.6) is 0 Å². The van der Waals surface area contributed by atoms with E-state index in [2.05, 4.69) is 5.16 Å². The summed E-state index contributed by atoms with van der Waals surface area (Å²) in [6.07, 6.45) is 0.634. The number of carbonyl (C=O) groups is 2. The van der Waals surface area contributed by atoms with Gasteiger partial charge in [-0.05, 0) is 19.3 Å². The van der Waals surface area contributed by atoms with Gasteiger partial charge in [0.25, 0.3) is 5.91 Å². The fraction of sp³-hybridized carbons (Fsp3) is 0.688. The van der Waals surface area contributed by atoms with Crippen molar-refractivity contribution in [2.75, 3.05) is 7.05 Å². The zero-order chi connectivity index (χ0) is 16.4. The number of ketones is 1. The molecule has 1 aromatic heterocycles. The molecular weight excluding hydrogens is 268 g/mol. The van der Waals surface area contributed by atoms with Gasteiger partial charge in [-0.1, -0.05) is 39.8 Å². The van der Waals surface area contributed by atoms with Crippen LogP contribution in [-0.4, -0.2) is 34.8 Å². The molecule has 1 aromatic rings. The van der Waals surface area contributed by atoms with Crippen LogP contribution < -0.4 is 0 Å². The summed E-state index contributed by atoms with van der Waals surface area (Å²) in [7, 11) is 1.66. The van der Waals surface area contributed by atoms with Gasteiger partial charge in [0.2, 0.25) is 0 Å². The number of Topliss-reactive ketones (excluding diaryl/α,β-unsaturated/α-hetero) is 1. The zero-order valence-corrected chi connectivity index (χ0v) is 14.1. The van der Waals surface area contributed by atoms with Crippen LogP contribution in [0.4, 0.5) is 0 Å². The Kier molecular flexibility index (Phi) is 5.31. The van der Waals surface area contributed by atoms with Gasteiger partial charge in [0.15, 0.2) is 11.5 Å². The third-order valence-corrected chi connectivity index (χ3v) is 3.37. The molecule has 0 fully saturated rings. The molecule has 0 aliphatic heterocycles. The van der Waals surface area contributed by atoms with Gasteiger partial charge in [-0.15, -0.1) is 0 Å². The molecule has 118 valence electrons. The van der Waals surface area contributed by atoms with E-state index in [0.29, 0.717) is 18.1 Å². The first-order valence-electron chi connectivity index (χ1n) is 7.28. The van der Waals surface area contributed by atoms with Crippen molar-refractivity contribution in [3.05, 3.63) is 17.5 Å². The maximum absolute atomic E-state index is 12.6. The van der Waals surface area contributed by atoms with E-state index in [1.807, 2.05) is 34.6 Å². The molecule has 0 radical (unpaired) electrons. The van der Waals surface area contributed by atoms with Crippen LogP contribution in [0.15, 0.2) is 10.6 Å². The highest BCUT2D eigenvalue weighted by molar-refractivity contribution is 5.97. The summed E-state index contributed by atoms with van der Waals surface area (Å²) in [6, 6.07) is 1.14. The second-order valence-corrected chi connectivity index (χ2v) is 7.00. The van der Waals surface area contributed by atoms with Gasteiger partial charge in [0.05, 0.1) is 6.04 Å². The van der Waals surface area contributed by atoms with Gasteiger partial charge in [0, 0.05) is 18.5 Å². The minimum atomic E-state index is -0.492. The molecule has 0 saturated carbocycles. The minimum Gasteiger partial charge on any atom is -0.361 e. The van der Waals surface area contributed by atoms with Gasteiger partial charge in [-0.2, -0.15) is 0 Å². The lowest BCUT2D eigenvalue weighted by molar-refractivity contribution is -0.131. The first-order chi connectivity index (χ1) is 9.54. The number of likely N-dealkylation sites (N-methyl/N-ethyl adjacent to an activating group) is 1. The molecule has 0 spiro atoms. The van der Waals surface area contributed by atoms with E-state index in [9.17, 15) is 9.59 Å². The first-order valence-corrected chi connectivity index (χ1v) is 7.28. The van der Waals surface area contributed by atoms with Gasteiger partial charge in [-0.3, -0.25) is 9.59 Å². The smallest absolute Gasteiger partial charge is 0.276 e. The molecule has 0 N–H and O–H groups in total. The van der Waals surface area contributed by atoms with Crippen molar-refractivity contribution >= 4 is 11.7 Å². The molecule has 1 heterocycles. The number of carbonyl (C=O) groups excluding carboxylic acids is 2. The second-order valence-electron chi connectivity index (χ2n) is 7.00. The lowest BCUT2D eigenvalue weighted by Crippen LogP contribution is -2.47. The Labute approximate surface area is 126 Å². The molecule has 21 heavy (non-hydrogen) atoms. The molecule has 0 saturated heterocycles. The van der Waals surface area contributed by atoms with E-state index >= 15 is 0 Å². The van der Waals surface area contributed by atoms with Crippen LogP contribution in [0.2, 0.25) is 0 Å². The number of hydrogen-bond donors (Lipinski definition) is 0. The number of hydrogen-bond acceptors (Lipinski definition) is 4. The van der Waals surface area contributed by atoms with Gasteiger partial charge in [0.1, 0.15) is 5.76 Å². The third-order valence-electron chi connectivity index (χ3n) is 3.37. The van der Waals surface area contributed by atoms with Crippen LogP contribution >= 0.6 is 0 Å². The highest BCUT2D eigenvalue weighted by Gasteiger charge is 2.35. The molecule has 1 amide bonds. The number of aromatic nitrogens is 1. The Hall–Kier alpha value is -1.65. The lowest BCUT2D eigenvalue weighted by Gasteiger charge is -2.32. The van der Waals surface area contributed by atoms with Gasteiger partial charge >= 0.3 is 0 Å². The van der Waals surface area contributed by atoms with Crippen LogP contribution in [0.1, 0.15) is 57.3 Å². The Bertz CT molecular complexity index is 512. The van der Waals surface area contributed by atoms with E-state index in [1.165, 1.54) is 4.90 Å². The lowest BCUT2D eigenvalue weighted by atomic mass is 9.83. The fourth-order valence-electron chi connectivity index (χ4n) is 2.18. The molecule has 0 aliphatic rings. The minimum absolute atomic E-state index is 0.0623. The van der Waals surface area contributed by atoms with Gasteiger partial charge < -0.3 is 9.42 Å². The van der Waals surface area contributed by atoms with Crippen molar-refractivity contribution in [3.8, 4) is 0 Å². The summed E-state index contributed by atoms with van der Waals surface area (Å²) in [6.45, 7) is 11.4. The van der Waals surface area contributed by atoms with Crippen LogP contribution in [0, 0.1) is 18.3 Å². The van der Waals surface area contributed by atoms with Crippen LogP contribution in [-0.2, 0) is 4.79 Å². The quantitative estimate of drug-likeness (QED) is 0.837. The molecule has 0 aromatic carbocycles. The predicted molar refractivity (Wildman–Crippen MR) is 81.0 cm³/mol. The normalized spacial score (nSPS) is 13.3. The average molecular weight is 294 g/mol. The van der Waals surface area contributed by atoms with E-state index < -0.39 is 11.5 Å². The van der Waals surface area contributed by atoms with Crippen molar-refractivity contribution in [1.82, 2.24) is 10.1 Å². The van der Waals surface area contributed by atoms with E-state index in [0.717, 1.165) is 0 Å². The Morgan fingerprint density at radius 2 is 1.90 bits per heavy atom. The SMILES string of the molecule is Cc1cc(C(=O)N(C)[C@H](CC(C)C)C(=O)C(C)(C)C)no1. The summed E-state index contributed by atoms with van der Waals surface area (Å²) in [5, 5.41) is 3.74. The van der Waals surface area contributed by atoms with Crippen molar-refractivity contribution in [2.45, 2.75) is 54.0 Å². The molecule has 5 heteroatoms. The van der Waals surface area contributed by atoms with Crippen molar-refractivity contribution in [1.29, 1.82) is 0 Å². The Morgan fingerprint density at radius 1 is 1.33 bits per heavy atom. The molecule has 1 atom stereocenters. The van der Waals surface area contributed by atoms with Crippen molar-refractivity contribution < 1.29 is 14.1 Å². The summed E-state index contributed by atoms with van der Waals surface area (Å²) >= 11 is 0. The zero-order valence-electron chi connectivity index (χ0n) is 14.1. The Balaban J connectivity index is 3.02. The monoisotopic (exact) mass is 294 g/mol. The van der Waals surface area contributed by atoms with Crippen molar-refractivity contribution in [3.63, 3.8) is 0 Å². The molecule has 0 unspecified atom stereocenters. The predicted octanol–water partition coefficient (Wildman–Crippen LogP) is 3.08. The average Bonchev–Trinajstić information content (AvgIpc) is 2.78. The van der Waals surface area contributed by atoms with E-state index in [-0.39, 0.29) is 17.4 Å². The van der Waals surface area contributed by atoms with Crippen molar-refractivity contribution in [2.24, 2.45) is 11.3 Å². The topological polar surface area (TPSA) is 63.4 Å². The molecular formula is C16H26N2O3. The van der Waals surface area contributed by atoms with Gasteiger partial charge in [-0.25, -0.2) is 0 Å². The number of amides is 1. The van der Waals surface area contributed by atoms with Crippen LogP contribution in [0.25, 0.3) is 0 Å². The molecule has 0 aliphatic carbocycles. The second kappa shape index (κ2) is 6.41. The molecule has 1 rings (SSSR count). The molecule has 5 nitrogen and oxygen atoms in total. The number of nitrogens with zero attached hydrogens (tertiary/aromatic N) is 2. The van der Waals surface area contributed by atoms with Crippen LogP contribution in [0.3, 0.4) is 0 Å². The maximum Gasteiger partial charge on any atom is 0.276 e. The number of aryl methyl sites for hydroxylation is 1. The van der Waals surface area contributed by atoms with E-state index in [4.69, 9.17) is 4.52 Å². The number of rotatable bonds is 5. The summed E-state index contributed by atoms with van der Waals surface area (Å²) in [5.74, 6) is 0.673. The summed E-state index contributed by atoms with van der Waals surface area (Å²) < 4.78 is 4.94. The third kappa shape index (κ3) is 4.41. The highest BCUT2D eigenvalue weighted by Crippen LogP contribution is 2.24. The molecule has 0 bridgehead atoms. The summed E-state index contributed by atoms with van der Waals surface area (Å²) in [5.41, 5.74) is -0.251. The largest absolute Gasteiger partial charge is 0.361 e.